The highest BCUT2D eigenvalue weighted by atomic mass is 16.5. The predicted octanol–water partition coefficient (Wildman–Crippen LogP) is 1.32. The Morgan fingerprint density at radius 2 is 2.13 bits per heavy atom. The van der Waals surface area contributed by atoms with Crippen LogP contribution in [0.1, 0.15) is 31.2 Å². The highest BCUT2D eigenvalue weighted by Gasteiger charge is 2.23. The lowest BCUT2D eigenvalue weighted by Gasteiger charge is -2.33. The van der Waals surface area contributed by atoms with Crippen LogP contribution in [0.2, 0.25) is 0 Å². The first-order valence-electron chi connectivity index (χ1n) is 8.35. The van der Waals surface area contributed by atoms with E-state index < -0.39 is 0 Å². The maximum absolute atomic E-state index is 12.3. The normalized spacial score (nSPS) is 21.6. The van der Waals surface area contributed by atoms with Crippen LogP contribution < -0.4 is 10.2 Å². The number of aryl methyl sites for hydroxylation is 1. The molecule has 23 heavy (non-hydrogen) atoms. The summed E-state index contributed by atoms with van der Waals surface area (Å²) in [6.45, 7) is 8.25. The summed E-state index contributed by atoms with van der Waals surface area (Å²) in [5, 5.41) is 2.97. The van der Waals surface area contributed by atoms with Crippen molar-refractivity contribution < 1.29 is 9.53 Å². The van der Waals surface area contributed by atoms with Crippen LogP contribution in [0, 0.1) is 6.92 Å². The van der Waals surface area contributed by atoms with Crippen LogP contribution in [0.25, 0.3) is 0 Å². The molecule has 2 saturated heterocycles. The molecule has 1 aromatic heterocycles. The van der Waals surface area contributed by atoms with E-state index in [0.717, 1.165) is 30.4 Å². The summed E-state index contributed by atoms with van der Waals surface area (Å²) in [5.41, 5.74) is 1.79. The van der Waals surface area contributed by atoms with Gasteiger partial charge in [0.2, 0.25) is 5.95 Å². The molecule has 0 bridgehead atoms. The molecule has 3 heterocycles. The molecule has 3 rings (SSSR count). The van der Waals surface area contributed by atoms with Gasteiger partial charge in [-0.15, -0.1) is 0 Å². The number of morpholine rings is 1. The van der Waals surface area contributed by atoms with E-state index in [0.29, 0.717) is 26.3 Å². The number of urea groups is 1. The average Bonchev–Trinajstić information content (AvgIpc) is 3.07. The number of anilines is 1. The molecule has 2 fully saturated rings. The summed E-state index contributed by atoms with van der Waals surface area (Å²) < 4.78 is 5.37. The zero-order chi connectivity index (χ0) is 16.2. The summed E-state index contributed by atoms with van der Waals surface area (Å²) in [5.74, 6) is 0.784. The van der Waals surface area contributed by atoms with Crippen molar-refractivity contribution in [1.82, 2.24) is 20.2 Å². The van der Waals surface area contributed by atoms with Crippen LogP contribution in [0.5, 0.6) is 0 Å². The third-order valence-corrected chi connectivity index (χ3v) is 4.33. The summed E-state index contributed by atoms with van der Waals surface area (Å²) in [4.78, 5) is 25.5. The van der Waals surface area contributed by atoms with E-state index >= 15 is 0 Å². The monoisotopic (exact) mass is 319 g/mol. The van der Waals surface area contributed by atoms with Crippen molar-refractivity contribution in [1.29, 1.82) is 0 Å². The Labute approximate surface area is 137 Å². The highest BCUT2D eigenvalue weighted by Crippen LogP contribution is 2.16. The highest BCUT2D eigenvalue weighted by molar-refractivity contribution is 5.74. The van der Waals surface area contributed by atoms with Gasteiger partial charge >= 0.3 is 6.03 Å². The van der Waals surface area contributed by atoms with Crippen LogP contribution in [-0.4, -0.2) is 59.8 Å². The smallest absolute Gasteiger partial charge is 0.318 e. The molecular formula is C16H25N5O2. The van der Waals surface area contributed by atoms with Crippen molar-refractivity contribution in [3.05, 3.63) is 17.5 Å². The largest absolute Gasteiger partial charge is 0.377 e. The number of hydrogen-bond acceptors (Lipinski definition) is 5. The molecule has 1 atom stereocenters. The molecule has 0 unspecified atom stereocenters. The first-order valence-corrected chi connectivity index (χ1v) is 8.35. The van der Waals surface area contributed by atoms with Crippen LogP contribution in [0.15, 0.2) is 6.07 Å². The van der Waals surface area contributed by atoms with E-state index in [-0.39, 0.29) is 12.1 Å². The number of amides is 2. The molecule has 7 nitrogen and oxygen atoms in total. The van der Waals surface area contributed by atoms with Crippen molar-refractivity contribution in [2.75, 3.05) is 37.7 Å². The lowest BCUT2D eigenvalue weighted by molar-refractivity contribution is 0.0189. The Balaban J connectivity index is 1.62. The van der Waals surface area contributed by atoms with Crippen LogP contribution in [0.4, 0.5) is 10.7 Å². The van der Waals surface area contributed by atoms with Gasteiger partial charge in [-0.25, -0.2) is 14.8 Å². The maximum atomic E-state index is 12.3. The Morgan fingerprint density at radius 1 is 1.35 bits per heavy atom. The average molecular weight is 319 g/mol. The molecule has 0 spiro atoms. The third kappa shape index (κ3) is 3.90. The van der Waals surface area contributed by atoms with Gasteiger partial charge in [0.25, 0.3) is 0 Å². The molecule has 7 heteroatoms. The van der Waals surface area contributed by atoms with Gasteiger partial charge in [-0.3, -0.25) is 0 Å². The zero-order valence-electron chi connectivity index (χ0n) is 13.9. The van der Waals surface area contributed by atoms with E-state index in [9.17, 15) is 4.79 Å². The quantitative estimate of drug-likeness (QED) is 0.910. The van der Waals surface area contributed by atoms with Crippen LogP contribution in [-0.2, 0) is 11.3 Å². The van der Waals surface area contributed by atoms with Crippen molar-refractivity contribution in [2.24, 2.45) is 0 Å². The maximum Gasteiger partial charge on any atom is 0.318 e. The van der Waals surface area contributed by atoms with Gasteiger partial charge < -0.3 is 19.9 Å². The molecule has 0 aromatic carbocycles. The van der Waals surface area contributed by atoms with Gasteiger partial charge in [0.1, 0.15) is 0 Å². The fourth-order valence-electron chi connectivity index (χ4n) is 3.06. The number of carbonyl (C=O) groups is 1. The van der Waals surface area contributed by atoms with Gasteiger partial charge in [0.15, 0.2) is 0 Å². The number of hydrogen-bond donors (Lipinski definition) is 1. The zero-order valence-corrected chi connectivity index (χ0v) is 13.9. The van der Waals surface area contributed by atoms with Crippen molar-refractivity contribution in [3.63, 3.8) is 0 Å². The Morgan fingerprint density at radius 3 is 2.87 bits per heavy atom. The molecule has 0 radical (unpaired) electrons. The molecule has 0 saturated carbocycles. The standard InChI is InChI=1S/C16H25N5O2/c1-12-9-14(19-15(18-12)20-5-3-4-6-20)10-17-16(22)21-7-8-23-11-13(21)2/h9,13H,3-8,10-11H2,1-2H3,(H,17,22)/t13-/m1/s1. The molecular weight excluding hydrogens is 294 g/mol. The van der Waals surface area contributed by atoms with Crippen molar-refractivity contribution >= 4 is 12.0 Å². The van der Waals surface area contributed by atoms with E-state index in [2.05, 4.69) is 20.2 Å². The van der Waals surface area contributed by atoms with Gasteiger partial charge in [0, 0.05) is 25.3 Å². The third-order valence-electron chi connectivity index (χ3n) is 4.33. The second kappa shape index (κ2) is 7.12. The van der Waals surface area contributed by atoms with Crippen LogP contribution in [0.3, 0.4) is 0 Å². The number of rotatable bonds is 3. The van der Waals surface area contributed by atoms with Gasteiger partial charge in [-0.1, -0.05) is 0 Å². The first-order chi connectivity index (χ1) is 11.1. The molecule has 126 valence electrons. The first kappa shape index (κ1) is 16.0. The Bertz CT molecular complexity index is 559. The summed E-state index contributed by atoms with van der Waals surface area (Å²) >= 11 is 0. The minimum Gasteiger partial charge on any atom is -0.377 e. The number of nitrogens with zero attached hydrogens (tertiary/aromatic N) is 4. The topological polar surface area (TPSA) is 70.6 Å². The fraction of sp³-hybridized carbons (Fsp3) is 0.688. The van der Waals surface area contributed by atoms with E-state index in [1.54, 1.807) is 0 Å². The van der Waals surface area contributed by atoms with Crippen molar-refractivity contribution in [2.45, 2.75) is 39.3 Å². The van der Waals surface area contributed by atoms with E-state index in [1.165, 1.54) is 12.8 Å². The van der Waals surface area contributed by atoms with E-state index in [1.807, 2.05) is 24.8 Å². The SMILES string of the molecule is Cc1cc(CNC(=O)N2CCOC[C@H]2C)nc(N2CCCC2)n1. The Kier molecular flexibility index (Phi) is 4.95. The predicted molar refractivity (Wildman–Crippen MR) is 87.4 cm³/mol. The van der Waals surface area contributed by atoms with Crippen LogP contribution >= 0.6 is 0 Å². The molecule has 2 aliphatic rings. The molecule has 1 N–H and O–H groups in total. The summed E-state index contributed by atoms with van der Waals surface area (Å²) in [6.07, 6.45) is 2.39. The lowest BCUT2D eigenvalue weighted by atomic mass is 10.3. The van der Waals surface area contributed by atoms with Gasteiger partial charge in [-0.2, -0.15) is 0 Å². The van der Waals surface area contributed by atoms with E-state index in [4.69, 9.17) is 4.74 Å². The lowest BCUT2D eigenvalue weighted by Crippen LogP contribution is -2.51. The minimum absolute atomic E-state index is 0.0558. The number of ether oxygens (including phenoxy) is 1. The summed E-state index contributed by atoms with van der Waals surface area (Å²) in [7, 11) is 0. The number of carbonyl (C=O) groups excluding carboxylic acids is 1. The Hall–Kier alpha value is -1.89. The number of aromatic nitrogens is 2. The molecule has 1 aromatic rings. The fourth-order valence-corrected chi connectivity index (χ4v) is 3.06. The molecule has 2 aliphatic heterocycles. The van der Waals surface area contributed by atoms with Crippen molar-refractivity contribution in [3.8, 4) is 0 Å². The molecule has 0 aliphatic carbocycles. The second-order valence-electron chi connectivity index (χ2n) is 6.27. The second-order valence-corrected chi connectivity index (χ2v) is 6.27. The summed E-state index contributed by atoms with van der Waals surface area (Å²) in [6, 6.07) is 1.98. The van der Waals surface area contributed by atoms with Gasteiger partial charge in [0.05, 0.1) is 31.5 Å². The number of nitrogens with one attached hydrogen (secondary N) is 1. The molecule has 2 amide bonds. The minimum atomic E-state index is -0.0558. The van der Waals surface area contributed by atoms with Gasteiger partial charge in [-0.05, 0) is 32.8 Å².